The largest absolute Gasteiger partial charge is 0.459 e. The van der Waals surface area contributed by atoms with Gasteiger partial charge in [0, 0.05) is 0 Å². The highest BCUT2D eigenvalue weighted by molar-refractivity contribution is 8.00. The van der Waals surface area contributed by atoms with E-state index in [4.69, 9.17) is 4.74 Å². The summed E-state index contributed by atoms with van der Waals surface area (Å²) >= 11 is 3.19. The first kappa shape index (κ1) is 14.5. The van der Waals surface area contributed by atoms with E-state index in [2.05, 4.69) is 11.9 Å². The predicted molar refractivity (Wildman–Crippen MR) is 73.5 cm³/mol. The van der Waals surface area contributed by atoms with Crippen LogP contribution in [0, 0.1) is 6.92 Å². The number of ether oxygens (including phenoxy) is 1. The molecule has 1 aromatic heterocycles. The third-order valence-electron chi connectivity index (χ3n) is 2.39. The van der Waals surface area contributed by atoms with Crippen molar-refractivity contribution in [2.75, 3.05) is 5.75 Å². The predicted octanol–water partition coefficient (Wildman–Crippen LogP) is 3.42. The Morgan fingerprint density at radius 2 is 2.41 bits per heavy atom. The van der Waals surface area contributed by atoms with Gasteiger partial charge in [-0.25, -0.2) is 4.98 Å². The number of thiazole rings is 1. The molecule has 0 bridgehead atoms. The summed E-state index contributed by atoms with van der Waals surface area (Å²) < 4.78 is 5.27. The molecule has 0 radical (unpaired) electrons. The van der Waals surface area contributed by atoms with Crippen LogP contribution >= 0.6 is 23.1 Å². The van der Waals surface area contributed by atoms with Gasteiger partial charge >= 0.3 is 5.97 Å². The van der Waals surface area contributed by atoms with E-state index >= 15 is 0 Å². The van der Waals surface area contributed by atoms with Crippen LogP contribution in [0.5, 0.6) is 0 Å². The number of aryl methyl sites for hydroxylation is 1. The van der Waals surface area contributed by atoms with Crippen LogP contribution in [0.3, 0.4) is 0 Å². The molecule has 1 atom stereocenters. The van der Waals surface area contributed by atoms with Gasteiger partial charge in [-0.2, -0.15) is 0 Å². The first-order valence-corrected chi connectivity index (χ1v) is 7.75. The molecule has 1 rings (SSSR count). The molecule has 0 amide bonds. The van der Waals surface area contributed by atoms with Crippen molar-refractivity contribution in [2.45, 2.75) is 45.5 Å². The molecule has 0 aliphatic rings. The molecule has 96 valence electrons. The monoisotopic (exact) mass is 273 g/mol. The number of unbranched alkanes of at least 4 members (excludes halogenated alkanes) is 1. The molecule has 0 spiro atoms. The van der Waals surface area contributed by atoms with Crippen LogP contribution in [-0.4, -0.2) is 22.0 Å². The van der Waals surface area contributed by atoms with E-state index < -0.39 is 0 Å². The molecular formula is C12H19NO2S2. The lowest BCUT2D eigenvalue weighted by Crippen LogP contribution is -2.17. The van der Waals surface area contributed by atoms with Gasteiger partial charge in [0.2, 0.25) is 0 Å². The van der Waals surface area contributed by atoms with Crippen LogP contribution < -0.4 is 0 Å². The number of aromatic nitrogens is 1. The smallest absolute Gasteiger partial charge is 0.319 e. The van der Waals surface area contributed by atoms with Crippen LogP contribution in [0.25, 0.3) is 0 Å². The average molecular weight is 273 g/mol. The van der Waals surface area contributed by atoms with E-state index in [0.29, 0.717) is 6.61 Å². The molecule has 0 aromatic carbocycles. The van der Waals surface area contributed by atoms with Gasteiger partial charge < -0.3 is 4.74 Å². The standard InChI is InChI=1S/C12H19NO2S2/c1-4-5-6-16-10(3)12(14)15-7-11-9(2)13-8-17-11/h8,10H,4-7H2,1-3H3. The summed E-state index contributed by atoms with van der Waals surface area (Å²) in [7, 11) is 0. The number of nitrogens with zero attached hydrogens (tertiary/aromatic N) is 1. The van der Waals surface area contributed by atoms with E-state index in [1.165, 1.54) is 11.3 Å². The highest BCUT2D eigenvalue weighted by atomic mass is 32.2. The summed E-state index contributed by atoms with van der Waals surface area (Å²) in [6.07, 6.45) is 2.31. The lowest BCUT2D eigenvalue weighted by molar-refractivity contribution is -0.143. The Kier molecular flexibility index (Phi) is 6.58. The summed E-state index contributed by atoms with van der Waals surface area (Å²) in [5.74, 6) is 0.894. The zero-order valence-electron chi connectivity index (χ0n) is 10.6. The van der Waals surface area contributed by atoms with Crippen LogP contribution in [0.4, 0.5) is 0 Å². The molecule has 5 heteroatoms. The van der Waals surface area contributed by atoms with E-state index in [9.17, 15) is 4.79 Å². The van der Waals surface area contributed by atoms with Gasteiger partial charge in [-0.3, -0.25) is 4.79 Å². The van der Waals surface area contributed by atoms with Crippen molar-refractivity contribution < 1.29 is 9.53 Å². The Hall–Kier alpha value is -0.550. The fraction of sp³-hybridized carbons (Fsp3) is 0.667. The number of carbonyl (C=O) groups is 1. The third kappa shape index (κ3) is 5.08. The van der Waals surface area contributed by atoms with Gasteiger partial charge in [-0.05, 0) is 26.0 Å². The Bertz CT molecular complexity index is 352. The summed E-state index contributed by atoms with van der Waals surface area (Å²) in [6, 6.07) is 0. The highest BCUT2D eigenvalue weighted by Gasteiger charge is 2.15. The topological polar surface area (TPSA) is 39.2 Å². The van der Waals surface area contributed by atoms with Gasteiger partial charge in [0.05, 0.1) is 21.3 Å². The van der Waals surface area contributed by atoms with Gasteiger partial charge in [0.1, 0.15) is 6.61 Å². The first-order valence-electron chi connectivity index (χ1n) is 5.82. The number of hydrogen-bond donors (Lipinski definition) is 0. The average Bonchev–Trinajstić information content (AvgIpc) is 2.72. The summed E-state index contributed by atoms with van der Waals surface area (Å²) in [5.41, 5.74) is 2.73. The second kappa shape index (κ2) is 7.71. The molecule has 1 unspecified atom stereocenters. The maximum atomic E-state index is 11.7. The normalized spacial score (nSPS) is 12.4. The molecule has 17 heavy (non-hydrogen) atoms. The molecule has 1 aromatic rings. The SMILES string of the molecule is CCCCSC(C)C(=O)OCc1scnc1C. The maximum Gasteiger partial charge on any atom is 0.319 e. The van der Waals surface area contributed by atoms with E-state index in [-0.39, 0.29) is 11.2 Å². The second-order valence-electron chi connectivity index (χ2n) is 3.84. The van der Waals surface area contributed by atoms with Gasteiger partial charge in [-0.1, -0.05) is 13.3 Å². The third-order valence-corrected chi connectivity index (χ3v) is 4.51. The summed E-state index contributed by atoms with van der Waals surface area (Å²) in [5, 5.41) is -0.0743. The number of carbonyl (C=O) groups excluding carboxylic acids is 1. The van der Waals surface area contributed by atoms with E-state index in [0.717, 1.165) is 29.2 Å². The molecule has 1 heterocycles. The highest BCUT2D eigenvalue weighted by Crippen LogP contribution is 2.17. The molecule has 0 N–H and O–H groups in total. The van der Waals surface area contributed by atoms with Crippen molar-refractivity contribution in [1.82, 2.24) is 4.98 Å². The first-order chi connectivity index (χ1) is 8.15. The lowest BCUT2D eigenvalue weighted by Gasteiger charge is -2.10. The molecule has 3 nitrogen and oxygen atoms in total. The number of thioether (sulfide) groups is 1. The van der Waals surface area contributed by atoms with E-state index in [1.807, 2.05) is 13.8 Å². The van der Waals surface area contributed by atoms with Crippen molar-refractivity contribution >= 4 is 29.1 Å². The zero-order valence-corrected chi connectivity index (χ0v) is 12.2. The molecule has 0 aliphatic carbocycles. The van der Waals surface area contributed by atoms with Crippen LogP contribution in [0.15, 0.2) is 5.51 Å². The Labute approximate surface area is 111 Å². The number of rotatable bonds is 7. The summed E-state index contributed by atoms with van der Waals surface area (Å²) in [4.78, 5) is 16.8. The van der Waals surface area contributed by atoms with Crippen molar-refractivity contribution in [1.29, 1.82) is 0 Å². The number of esters is 1. The van der Waals surface area contributed by atoms with Crippen LogP contribution in [0.1, 0.15) is 37.3 Å². The van der Waals surface area contributed by atoms with Crippen LogP contribution in [0.2, 0.25) is 0 Å². The minimum atomic E-state index is -0.126. The minimum Gasteiger partial charge on any atom is -0.459 e. The van der Waals surface area contributed by atoms with Crippen molar-refractivity contribution in [2.24, 2.45) is 0 Å². The van der Waals surface area contributed by atoms with Gasteiger partial charge in [-0.15, -0.1) is 23.1 Å². The lowest BCUT2D eigenvalue weighted by atomic mass is 10.4. The van der Waals surface area contributed by atoms with E-state index in [1.54, 1.807) is 17.3 Å². The van der Waals surface area contributed by atoms with Crippen molar-refractivity contribution in [3.05, 3.63) is 16.1 Å². The number of hydrogen-bond acceptors (Lipinski definition) is 5. The van der Waals surface area contributed by atoms with Gasteiger partial charge in [0.15, 0.2) is 0 Å². The van der Waals surface area contributed by atoms with Crippen molar-refractivity contribution in [3.8, 4) is 0 Å². The quantitative estimate of drug-likeness (QED) is 0.564. The fourth-order valence-electron chi connectivity index (χ4n) is 1.19. The molecule has 0 saturated heterocycles. The zero-order chi connectivity index (χ0) is 12.7. The fourth-order valence-corrected chi connectivity index (χ4v) is 2.89. The molecule has 0 saturated carbocycles. The van der Waals surface area contributed by atoms with Crippen molar-refractivity contribution in [3.63, 3.8) is 0 Å². The van der Waals surface area contributed by atoms with Crippen LogP contribution in [-0.2, 0) is 16.1 Å². The Morgan fingerprint density at radius 1 is 1.65 bits per heavy atom. The molecule has 0 aliphatic heterocycles. The minimum absolute atomic E-state index is 0.0743. The molecule has 0 fully saturated rings. The maximum absolute atomic E-state index is 11.7. The molecular weight excluding hydrogens is 254 g/mol. The second-order valence-corrected chi connectivity index (χ2v) is 6.22. The summed E-state index contributed by atoms with van der Waals surface area (Å²) in [6.45, 7) is 6.34. The van der Waals surface area contributed by atoms with Gasteiger partial charge in [0.25, 0.3) is 0 Å². The Balaban J connectivity index is 2.27. The Morgan fingerprint density at radius 3 is 3.00 bits per heavy atom.